The number of carboxylic acids is 1. The van der Waals surface area contributed by atoms with E-state index < -0.39 is 5.97 Å². The van der Waals surface area contributed by atoms with Gasteiger partial charge in [0.1, 0.15) is 0 Å². The van der Waals surface area contributed by atoms with Crippen molar-refractivity contribution in [2.45, 2.75) is 65.2 Å². The van der Waals surface area contributed by atoms with Gasteiger partial charge in [-0.05, 0) is 92.1 Å². The Morgan fingerprint density at radius 3 is 2.71 bits per heavy atom. The molecule has 0 spiro atoms. The lowest BCUT2D eigenvalue weighted by atomic mass is 9.47. The number of rotatable bonds is 5. The Morgan fingerprint density at radius 2 is 2.00 bits per heavy atom. The van der Waals surface area contributed by atoms with Crippen molar-refractivity contribution in [1.82, 2.24) is 0 Å². The maximum atomic E-state index is 11.9. The molecular weight excluding hydrogens is 352 g/mol. The number of aliphatic carboxylic acids is 1. The highest BCUT2D eigenvalue weighted by atomic mass is 16.4. The molecule has 0 heterocycles. The average molecular weight is 387 g/mol. The van der Waals surface area contributed by atoms with E-state index in [2.05, 4.69) is 19.9 Å². The molecular formula is C24H34O4. The van der Waals surface area contributed by atoms with Gasteiger partial charge in [0.05, 0.1) is 0 Å². The van der Waals surface area contributed by atoms with Gasteiger partial charge in [-0.3, -0.25) is 9.59 Å². The van der Waals surface area contributed by atoms with Crippen LogP contribution >= 0.6 is 0 Å². The van der Waals surface area contributed by atoms with Crippen molar-refractivity contribution >= 4 is 11.8 Å². The van der Waals surface area contributed by atoms with Crippen molar-refractivity contribution in [3.05, 3.63) is 23.8 Å². The van der Waals surface area contributed by atoms with Gasteiger partial charge in [0.25, 0.3) is 0 Å². The third-order valence-electron chi connectivity index (χ3n) is 9.16. The number of aliphatic hydroxyl groups is 1. The van der Waals surface area contributed by atoms with Gasteiger partial charge < -0.3 is 10.2 Å². The van der Waals surface area contributed by atoms with Crippen molar-refractivity contribution in [1.29, 1.82) is 0 Å². The molecule has 3 fully saturated rings. The second kappa shape index (κ2) is 7.12. The Morgan fingerprint density at radius 1 is 1.21 bits per heavy atom. The van der Waals surface area contributed by atoms with Crippen LogP contribution in [0.5, 0.6) is 0 Å². The summed E-state index contributed by atoms with van der Waals surface area (Å²) in [6.07, 6.45) is 13.4. The van der Waals surface area contributed by atoms with Gasteiger partial charge >= 0.3 is 5.97 Å². The monoisotopic (exact) mass is 386 g/mol. The van der Waals surface area contributed by atoms with E-state index in [9.17, 15) is 14.7 Å². The van der Waals surface area contributed by atoms with Gasteiger partial charge in [-0.25, -0.2) is 0 Å². The number of ketones is 1. The lowest BCUT2D eigenvalue weighted by molar-refractivity contribution is -0.137. The number of allylic oxidation sites excluding steroid dienone is 4. The van der Waals surface area contributed by atoms with E-state index in [4.69, 9.17) is 5.11 Å². The lowest BCUT2D eigenvalue weighted by Gasteiger charge is -2.57. The molecule has 0 amide bonds. The first-order valence-corrected chi connectivity index (χ1v) is 11.1. The first-order valence-electron chi connectivity index (χ1n) is 11.1. The predicted molar refractivity (Wildman–Crippen MR) is 108 cm³/mol. The lowest BCUT2D eigenvalue weighted by Crippen LogP contribution is -2.50. The predicted octanol–water partition coefficient (Wildman–Crippen LogP) is 4.38. The highest BCUT2D eigenvalue weighted by Gasteiger charge is 2.59. The molecule has 0 bridgehead atoms. The summed E-state index contributed by atoms with van der Waals surface area (Å²) in [5.74, 6) is 1.82. The van der Waals surface area contributed by atoms with Crippen molar-refractivity contribution in [3.63, 3.8) is 0 Å². The van der Waals surface area contributed by atoms with Gasteiger partial charge in [0.2, 0.25) is 0 Å². The minimum absolute atomic E-state index is 0.0237. The van der Waals surface area contributed by atoms with Crippen LogP contribution in [0.1, 0.15) is 65.2 Å². The summed E-state index contributed by atoms with van der Waals surface area (Å²) in [5, 5.41) is 19.1. The van der Waals surface area contributed by atoms with Crippen molar-refractivity contribution < 1.29 is 19.8 Å². The third kappa shape index (κ3) is 2.99. The fourth-order valence-electron chi connectivity index (χ4n) is 7.74. The van der Waals surface area contributed by atoms with Crippen LogP contribution in [0.15, 0.2) is 23.8 Å². The number of hydrogen-bond acceptors (Lipinski definition) is 3. The minimum Gasteiger partial charge on any atom is -0.481 e. The molecule has 0 aromatic carbocycles. The summed E-state index contributed by atoms with van der Waals surface area (Å²) in [4.78, 5) is 22.9. The van der Waals surface area contributed by atoms with Gasteiger partial charge in [0.15, 0.2) is 5.78 Å². The molecule has 28 heavy (non-hydrogen) atoms. The average Bonchev–Trinajstić information content (AvgIpc) is 3.00. The zero-order chi connectivity index (χ0) is 20.1. The van der Waals surface area contributed by atoms with E-state index >= 15 is 0 Å². The van der Waals surface area contributed by atoms with Crippen LogP contribution in [0.2, 0.25) is 0 Å². The quantitative estimate of drug-likeness (QED) is 0.735. The highest BCUT2D eigenvalue weighted by molar-refractivity contribution is 6.01. The summed E-state index contributed by atoms with van der Waals surface area (Å²) < 4.78 is 0. The van der Waals surface area contributed by atoms with Crippen LogP contribution in [0, 0.1) is 40.4 Å². The maximum Gasteiger partial charge on any atom is 0.303 e. The molecule has 0 unspecified atom stereocenters. The van der Waals surface area contributed by atoms with E-state index in [-0.39, 0.29) is 35.6 Å². The molecule has 3 saturated carbocycles. The molecule has 4 heteroatoms. The fourth-order valence-corrected chi connectivity index (χ4v) is 7.74. The second-order valence-electron chi connectivity index (χ2n) is 10.2. The van der Waals surface area contributed by atoms with Crippen LogP contribution in [0.4, 0.5) is 0 Å². The van der Waals surface area contributed by atoms with Gasteiger partial charge in [-0.15, -0.1) is 0 Å². The second-order valence-corrected chi connectivity index (χ2v) is 10.2. The van der Waals surface area contributed by atoms with Crippen molar-refractivity contribution in [2.75, 3.05) is 6.61 Å². The largest absolute Gasteiger partial charge is 0.481 e. The Balaban J connectivity index is 1.57. The maximum absolute atomic E-state index is 11.9. The molecule has 2 N–H and O–H groups in total. The van der Waals surface area contributed by atoms with Gasteiger partial charge in [-0.2, -0.15) is 0 Å². The molecule has 4 nitrogen and oxygen atoms in total. The minimum atomic E-state index is -0.764. The van der Waals surface area contributed by atoms with Crippen LogP contribution < -0.4 is 0 Å². The molecule has 7 atom stereocenters. The van der Waals surface area contributed by atoms with Crippen LogP contribution in [0.3, 0.4) is 0 Å². The van der Waals surface area contributed by atoms with E-state index in [1.807, 2.05) is 6.08 Å². The number of carbonyl (C=O) groups excluding carboxylic acids is 1. The first-order chi connectivity index (χ1) is 13.3. The van der Waals surface area contributed by atoms with Gasteiger partial charge in [0, 0.05) is 18.4 Å². The molecule has 154 valence electrons. The van der Waals surface area contributed by atoms with Crippen LogP contribution in [0.25, 0.3) is 0 Å². The molecule has 0 saturated heterocycles. The van der Waals surface area contributed by atoms with E-state index in [0.29, 0.717) is 30.1 Å². The zero-order valence-electron chi connectivity index (χ0n) is 17.2. The Hall–Kier alpha value is -1.42. The number of carbonyl (C=O) groups is 2. The standard InChI is InChI=1S/C24H34O4/c1-23-11-9-17(26)13-16(23)4-5-18-20-7-6-19(15(14-25)3-8-22(27)28)24(20,2)12-10-21(18)23/h9,11,13,15,18-21,25H,3-8,10,12,14H2,1-2H3,(H,27,28)/t15-,18-,19+,20-,21-,23-,24+/m0/s1. The molecule has 4 aliphatic carbocycles. The molecule has 0 aromatic heterocycles. The molecule has 0 radical (unpaired) electrons. The topological polar surface area (TPSA) is 74.6 Å². The molecule has 0 aromatic rings. The van der Waals surface area contributed by atoms with Crippen LogP contribution in [-0.4, -0.2) is 28.6 Å². The molecule has 4 aliphatic rings. The molecule has 0 aliphatic heterocycles. The number of fused-ring (bicyclic) bond motifs is 5. The van der Waals surface area contributed by atoms with E-state index in [1.54, 1.807) is 6.08 Å². The Labute approximate surface area is 168 Å². The van der Waals surface area contributed by atoms with Crippen molar-refractivity contribution in [3.8, 4) is 0 Å². The third-order valence-corrected chi connectivity index (χ3v) is 9.16. The zero-order valence-corrected chi connectivity index (χ0v) is 17.2. The molecule has 4 rings (SSSR count). The smallest absolute Gasteiger partial charge is 0.303 e. The fraction of sp³-hybridized carbons (Fsp3) is 0.750. The Bertz CT molecular complexity index is 722. The SMILES string of the molecule is C[C@]12CC[C@H]3[C@@H](CCC4=CC(=O)C=C[C@@]43C)[C@@H]1CC[C@@H]2[C@H](CO)CCC(=O)O. The summed E-state index contributed by atoms with van der Waals surface area (Å²) in [5.41, 5.74) is 1.56. The number of aliphatic hydroxyl groups excluding tert-OH is 1. The highest BCUT2D eigenvalue weighted by Crippen LogP contribution is 2.67. The Kier molecular flexibility index (Phi) is 5.06. The van der Waals surface area contributed by atoms with Crippen molar-refractivity contribution in [2.24, 2.45) is 40.4 Å². The first kappa shape index (κ1) is 19.9. The summed E-state index contributed by atoms with van der Waals surface area (Å²) >= 11 is 0. The normalized spacial score (nSPS) is 43.0. The van der Waals surface area contributed by atoms with E-state index in [0.717, 1.165) is 25.7 Å². The van der Waals surface area contributed by atoms with E-state index in [1.165, 1.54) is 18.4 Å². The van der Waals surface area contributed by atoms with Gasteiger partial charge in [-0.1, -0.05) is 25.5 Å². The van der Waals surface area contributed by atoms with Crippen LogP contribution in [-0.2, 0) is 9.59 Å². The number of carboxylic acid groups (broad SMARTS) is 1. The summed E-state index contributed by atoms with van der Waals surface area (Å²) in [6.45, 7) is 4.85. The summed E-state index contributed by atoms with van der Waals surface area (Å²) in [7, 11) is 0. The summed E-state index contributed by atoms with van der Waals surface area (Å²) in [6, 6.07) is 0. The number of hydrogen-bond donors (Lipinski definition) is 2.